The third-order valence-electron chi connectivity index (χ3n) is 3.81. The Morgan fingerprint density at radius 1 is 0.750 bits per heavy atom. The highest BCUT2D eigenvalue weighted by Crippen LogP contribution is 2.15. The Balaban J connectivity index is 1.53. The monoisotopic (exact) mass is 318 g/mol. The zero-order valence-electron chi connectivity index (χ0n) is 13.2. The lowest BCUT2D eigenvalue weighted by atomic mass is 10.1. The highest BCUT2D eigenvalue weighted by molar-refractivity contribution is 5.99. The van der Waals surface area contributed by atoms with Crippen molar-refractivity contribution in [3.63, 3.8) is 0 Å². The molecule has 3 rings (SSSR count). The predicted octanol–water partition coefficient (Wildman–Crippen LogP) is 3.23. The summed E-state index contributed by atoms with van der Waals surface area (Å²) in [4.78, 5) is 24.0. The molecular formula is C20H18N2O2. The lowest BCUT2D eigenvalue weighted by Gasteiger charge is -2.08. The second-order valence-electron chi connectivity index (χ2n) is 5.55. The van der Waals surface area contributed by atoms with Crippen molar-refractivity contribution in [2.24, 2.45) is 0 Å². The summed E-state index contributed by atoms with van der Waals surface area (Å²) in [7, 11) is 0. The fourth-order valence-corrected chi connectivity index (χ4v) is 2.49. The summed E-state index contributed by atoms with van der Waals surface area (Å²) < 4.78 is 0. The molecular weight excluding hydrogens is 300 g/mol. The topological polar surface area (TPSA) is 58.2 Å². The summed E-state index contributed by atoms with van der Waals surface area (Å²) in [6.07, 6.45) is 0.959. The molecule has 0 aliphatic heterocycles. The van der Waals surface area contributed by atoms with Gasteiger partial charge in [0.15, 0.2) is 0 Å². The molecule has 3 aromatic rings. The van der Waals surface area contributed by atoms with E-state index in [0.717, 1.165) is 16.3 Å². The molecule has 24 heavy (non-hydrogen) atoms. The average Bonchev–Trinajstić information content (AvgIpc) is 2.65. The Hall–Kier alpha value is -3.14. The maximum Gasteiger partial charge on any atom is 0.269 e. The van der Waals surface area contributed by atoms with Gasteiger partial charge in [-0.1, -0.05) is 60.7 Å². The largest absolute Gasteiger partial charge is 0.273 e. The van der Waals surface area contributed by atoms with Gasteiger partial charge < -0.3 is 0 Å². The number of rotatable bonds is 4. The van der Waals surface area contributed by atoms with Crippen LogP contribution in [0.3, 0.4) is 0 Å². The van der Waals surface area contributed by atoms with Crippen molar-refractivity contribution in [1.29, 1.82) is 0 Å². The van der Waals surface area contributed by atoms with E-state index in [2.05, 4.69) is 10.9 Å². The van der Waals surface area contributed by atoms with Gasteiger partial charge in [-0.2, -0.15) is 0 Å². The van der Waals surface area contributed by atoms with Gasteiger partial charge in [0, 0.05) is 12.0 Å². The molecule has 0 radical (unpaired) electrons. The first kappa shape index (κ1) is 15.7. The normalized spacial score (nSPS) is 10.3. The lowest BCUT2D eigenvalue weighted by Crippen LogP contribution is -2.41. The van der Waals surface area contributed by atoms with Crippen LogP contribution in [-0.4, -0.2) is 11.8 Å². The third kappa shape index (κ3) is 3.98. The smallest absolute Gasteiger partial charge is 0.269 e. The third-order valence-corrected chi connectivity index (χ3v) is 3.81. The van der Waals surface area contributed by atoms with Crippen LogP contribution in [0.5, 0.6) is 0 Å². The van der Waals surface area contributed by atoms with Crippen LogP contribution in [0, 0.1) is 0 Å². The number of hydrogen-bond acceptors (Lipinski definition) is 2. The summed E-state index contributed by atoms with van der Waals surface area (Å²) in [5.74, 6) is -0.540. The number of hydrogen-bond donors (Lipinski definition) is 2. The molecule has 0 spiro atoms. The summed E-state index contributed by atoms with van der Waals surface area (Å²) in [6, 6.07) is 23.0. The lowest BCUT2D eigenvalue weighted by molar-refractivity contribution is -0.121. The van der Waals surface area contributed by atoms with Crippen LogP contribution in [0.25, 0.3) is 10.8 Å². The minimum absolute atomic E-state index is 0.215. The number of nitrogens with one attached hydrogen (secondary N) is 2. The molecule has 0 saturated heterocycles. The van der Waals surface area contributed by atoms with Crippen LogP contribution in [0.15, 0.2) is 72.8 Å². The first-order chi connectivity index (χ1) is 11.7. The van der Waals surface area contributed by atoms with E-state index in [1.54, 1.807) is 12.1 Å². The summed E-state index contributed by atoms with van der Waals surface area (Å²) in [6.45, 7) is 0. The van der Waals surface area contributed by atoms with Gasteiger partial charge in [0.25, 0.3) is 5.91 Å². The molecule has 0 unspecified atom stereocenters. The van der Waals surface area contributed by atoms with Gasteiger partial charge >= 0.3 is 0 Å². The van der Waals surface area contributed by atoms with Crippen molar-refractivity contribution >= 4 is 22.6 Å². The number of benzene rings is 3. The number of carbonyl (C=O) groups excluding carboxylic acids is 2. The average molecular weight is 318 g/mol. The molecule has 3 aromatic carbocycles. The Morgan fingerprint density at radius 3 is 2.25 bits per heavy atom. The zero-order valence-corrected chi connectivity index (χ0v) is 13.2. The molecule has 120 valence electrons. The molecule has 4 nitrogen and oxygen atoms in total. The number of carbonyl (C=O) groups is 2. The minimum Gasteiger partial charge on any atom is -0.273 e. The van der Waals surface area contributed by atoms with Crippen molar-refractivity contribution < 1.29 is 9.59 Å². The molecule has 4 heteroatoms. The van der Waals surface area contributed by atoms with Gasteiger partial charge in [0.05, 0.1) is 0 Å². The van der Waals surface area contributed by atoms with Crippen molar-refractivity contribution in [2.75, 3.05) is 0 Å². The van der Waals surface area contributed by atoms with Crippen molar-refractivity contribution in [3.05, 3.63) is 83.9 Å². The predicted molar refractivity (Wildman–Crippen MR) is 94.3 cm³/mol. The SMILES string of the molecule is O=C(CCc1ccccc1)NNC(=O)c1ccc2ccccc2c1. The maximum atomic E-state index is 12.1. The van der Waals surface area contributed by atoms with Gasteiger partial charge in [-0.3, -0.25) is 20.4 Å². The van der Waals surface area contributed by atoms with E-state index in [-0.39, 0.29) is 11.8 Å². The van der Waals surface area contributed by atoms with Gasteiger partial charge in [-0.15, -0.1) is 0 Å². The van der Waals surface area contributed by atoms with Crippen LogP contribution in [0.4, 0.5) is 0 Å². The maximum absolute atomic E-state index is 12.1. The molecule has 0 aliphatic carbocycles. The number of fused-ring (bicyclic) bond motifs is 1. The number of amides is 2. The van der Waals surface area contributed by atoms with Crippen molar-refractivity contribution in [2.45, 2.75) is 12.8 Å². The van der Waals surface area contributed by atoms with Crippen molar-refractivity contribution in [3.8, 4) is 0 Å². The first-order valence-electron chi connectivity index (χ1n) is 7.84. The number of hydrazine groups is 1. The van der Waals surface area contributed by atoms with Crippen LogP contribution in [0.2, 0.25) is 0 Å². The van der Waals surface area contributed by atoms with Gasteiger partial charge in [-0.05, 0) is 34.9 Å². The molecule has 2 amide bonds. The van der Waals surface area contributed by atoms with E-state index < -0.39 is 0 Å². The Kier molecular flexibility index (Phi) is 4.87. The van der Waals surface area contributed by atoms with Gasteiger partial charge in [-0.25, -0.2) is 0 Å². The van der Waals surface area contributed by atoms with Crippen molar-refractivity contribution in [1.82, 2.24) is 10.9 Å². The molecule has 2 N–H and O–H groups in total. The fraction of sp³-hybridized carbons (Fsp3) is 0.100. The van der Waals surface area contributed by atoms with E-state index >= 15 is 0 Å². The Morgan fingerprint density at radius 2 is 1.46 bits per heavy atom. The van der Waals surface area contributed by atoms with Gasteiger partial charge in [0.1, 0.15) is 0 Å². The molecule has 0 heterocycles. The molecule has 0 aromatic heterocycles. The van der Waals surface area contributed by atoms with E-state index in [1.165, 1.54) is 0 Å². The Labute approximate surface area is 140 Å². The van der Waals surface area contributed by atoms with E-state index in [9.17, 15) is 9.59 Å². The molecule has 0 aliphatic rings. The van der Waals surface area contributed by atoms with Crippen LogP contribution in [-0.2, 0) is 11.2 Å². The Bertz CT molecular complexity index is 860. The minimum atomic E-state index is -0.325. The van der Waals surface area contributed by atoms with E-state index in [4.69, 9.17) is 0 Å². The summed E-state index contributed by atoms with van der Waals surface area (Å²) in [5, 5.41) is 2.06. The van der Waals surface area contributed by atoms with E-state index in [0.29, 0.717) is 18.4 Å². The van der Waals surface area contributed by atoms with E-state index in [1.807, 2.05) is 60.7 Å². The molecule has 0 bridgehead atoms. The quantitative estimate of drug-likeness (QED) is 0.726. The zero-order chi connectivity index (χ0) is 16.8. The summed E-state index contributed by atoms with van der Waals surface area (Å²) in [5.41, 5.74) is 6.52. The second-order valence-corrected chi connectivity index (χ2v) is 5.55. The number of aryl methyl sites for hydroxylation is 1. The summed E-state index contributed by atoms with van der Waals surface area (Å²) >= 11 is 0. The molecule has 0 saturated carbocycles. The first-order valence-corrected chi connectivity index (χ1v) is 7.84. The van der Waals surface area contributed by atoms with Crippen LogP contribution >= 0.6 is 0 Å². The molecule has 0 fully saturated rings. The van der Waals surface area contributed by atoms with Crippen LogP contribution < -0.4 is 10.9 Å². The second kappa shape index (κ2) is 7.42. The highest BCUT2D eigenvalue weighted by Gasteiger charge is 2.08. The van der Waals surface area contributed by atoms with Gasteiger partial charge in [0.2, 0.25) is 5.91 Å². The highest BCUT2D eigenvalue weighted by atomic mass is 16.2. The standard InChI is InChI=1S/C20H18N2O2/c23-19(13-10-15-6-2-1-3-7-15)21-22-20(24)18-12-11-16-8-4-5-9-17(16)14-18/h1-9,11-12,14H,10,13H2,(H,21,23)(H,22,24). The van der Waals surface area contributed by atoms with Crippen LogP contribution in [0.1, 0.15) is 22.3 Å². The fourth-order valence-electron chi connectivity index (χ4n) is 2.49. The molecule has 0 atom stereocenters.